The lowest BCUT2D eigenvalue weighted by molar-refractivity contribution is -0.00180. The number of ether oxygens (including phenoxy) is 1. The summed E-state index contributed by atoms with van der Waals surface area (Å²) in [5.74, 6) is -0.499. The van der Waals surface area contributed by atoms with Gasteiger partial charge in [-0.1, -0.05) is 30.7 Å². The van der Waals surface area contributed by atoms with Gasteiger partial charge in [-0.3, -0.25) is 4.79 Å². The Morgan fingerprint density at radius 3 is 2.96 bits per heavy atom. The number of amides is 1. The van der Waals surface area contributed by atoms with Crippen molar-refractivity contribution < 1.29 is 13.9 Å². The molecule has 23 heavy (non-hydrogen) atoms. The molecule has 1 aromatic carbocycles. The van der Waals surface area contributed by atoms with E-state index in [0.717, 1.165) is 18.4 Å². The van der Waals surface area contributed by atoms with Crippen molar-refractivity contribution in [1.82, 2.24) is 20.3 Å². The molecule has 1 aliphatic heterocycles. The minimum atomic E-state index is -0.281. The number of aromatic nitrogens is 3. The molecule has 7 heteroatoms. The Morgan fingerprint density at radius 1 is 1.43 bits per heavy atom. The summed E-state index contributed by atoms with van der Waals surface area (Å²) >= 11 is 0. The maximum absolute atomic E-state index is 13.0. The lowest BCUT2D eigenvalue weighted by atomic mass is 10.1. The van der Waals surface area contributed by atoms with E-state index < -0.39 is 0 Å². The molecule has 1 atom stereocenters. The quantitative estimate of drug-likeness (QED) is 0.858. The molecular weight excluding hydrogens is 299 g/mol. The summed E-state index contributed by atoms with van der Waals surface area (Å²) in [6, 6.07) is 6.20. The van der Waals surface area contributed by atoms with E-state index in [4.69, 9.17) is 4.74 Å². The second kappa shape index (κ2) is 6.87. The molecule has 1 amide bonds. The zero-order chi connectivity index (χ0) is 16.2. The first-order valence-corrected chi connectivity index (χ1v) is 7.76. The number of hydrogen-bond acceptors (Lipinski definition) is 4. The second-order valence-corrected chi connectivity index (χ2v) is 5.53. The number of rotatable bonds is 5. The van der Waals surface area contributed by atoms with Crippen LogP contribution in [0.4, 0.5) is 4.39 Å². The van der Waals surface area contributed by atoms with Gasteiger partial charge in [-0.15, -0.1) is 5.10 Å². The second-order valence-electron chi connectivity index (χ2n) is 5.53. The number of nitrogens with zero attached hydrogens (tertiary/aromatic N) is 3. The Balaban J connectivity index is 1.71. The summed E-state index contributed by atoms with van der Waals surface area (Å²) < 4.78 is 20.5. The molecule has 0 radical (unpaired) electrons. The van der Waals surface area contributed by atoms with Gasteiger partial charge >= 0.3 is 0 Å². The van der Waals surface area contributed by atoms with Crippen LogP contribution in [0.1, 0.15) is 47.6 Å². The van der Waals surface area contributed by atoms with Gasteiger partial charge < -0.3 is 10.1 Å². The third kappa shape index (κ3) is 3.39. The molecule has 0 fully saturated rings. The van der Waals surface area contributed by atoms with E-state index in [9.17, 15) is 9.18 Å². The first-order chi connectivity index (χ1) is 11.2. The van der Waals surface area contributed by atoms with Crippen molar-refractivity contribution in [3.05, 3.63) is 47.0 Å². The number of unbranched alkanes of at least 4 members (excludes halogenated alkanes) is 1. The molecule has 1 aromatic heterocycles. The van der Waals surface area contributed by atoms with Gasteiger partial charge in [0.2, 0.25) is 0 Å². The molecule has 0 bridgehead atoms. The molecule has 2 aromatic rings. The fraction of sp³-hybridized carbons (Fsp3) is 0.438. The smallest absolute Gasteiger partial charge is 0.273 e. The van der Waals surface area contributed by atoms with Crippen LogP contribution >= 0.6 is 0 Å². The van der Waals surface area contributed by atoms with E-state index in [1.54, 1.807) is 16.8 Å². The third-order valence-electron chi connectivity index (χ3n) is 3.87. The van der Waals surface area contributed by atoms with Crippen molar-refractivity contribution in [3.8, 4) is 0 Å². The Morgan fingerprint density at radius 2 is 2.22 bits per heavy atom. The van der Waals surface area contributed by atoms with Crippen LogP contribution in [-0.2, 0) is 17.9 Å². The molecule has 1 aliphatic rings. The van der Waals surface area contributed by atoms with Crippen LogP contribution in [0, 0.1) is 5.82 Å². The molecule has 6 nitrogen and oxygen atoms in total. The molecule has 0 saturated carbocycles. The maximum Gasteiger partial charge on any atom is 0.273 e. The van der Waals surface area contributed by atoms with Crippen molar-refractivity contribution in [2.75, 3.05) is 6.54 Å². The first kappa shape index (κ1) is 15.6. The van der Waals surface area contributed by atoms with Gasteiger partial charge in [0.05, 0.1) is 18.8 Å². The van der Waals surface area contributed by atoms with Gasteiger partial charge in [0.15, 0.2) is 5.69 Å². The Kier molecular flexibility index (Phi) is 4.66. The van der Waals surface area contributed by atoms with Crippen LogP contribution in [0.5, 0.6) is 0 Å². The average Bonchev–Trinajstić information content (AvgIpc) is 2.99. The van der Waals surface area contributed by atoms with Gasteiger partial charge in [0, 0.05) is 6.54 Å². The number of carbonyl (C=O) groups excluding carboxylic acids is 1. The lowest BCUT2D eigenvalue weighted by Crippen LogP contribution is -2.28. The predicted molar refractivity (Wildman–Crippen MR) is 81.2 cm³/mol. The van der Waals surface area contributed by atoms with Crippen LogP contribution in [0.25, 0.3) is 0 Å². The molecular formula is C16H19FN4O2. The van der Waals surface area contributed by atoms with E-state index in [2.05, 4.69) is 22.6 Å². The number of carbonyl (C=O) groups is 1. The molecule has 0 spiro atoms. The van der Waals surface area contributed by atoms with Crippen molar-refractivity contribution in [1.29, 1.82) is 0 Å². The summed E-state index contributed by atoms with van der Waals surface area (Å²) in [6.45, 7) is 3.40. The van der Waals surface area contributed by atoms with Gasteiger partial charge in [0.25, 0.3) is 5.91 Å². The summed E-state index contributed by atoms with van der Waals surface area (Å²) in [5.41, 5.74) is 1.87. The van der Waals surface area contributed by atoms with Crippen LogP contribution in [0.2, 0.25) is 0 Å². The lowest BCUT2D eigenvalue weighted by Gasteiger charge is -2.24. The van der Waals surface area contributed by atoms with Crippen LogP contribution in [0.3, 0.4) is 0 Å². The van der Waals surface area contributed by atoms with Gasteiger partial charge in [0.1, 0.15) is 11.9 Å². The standard InChI is InChI=1S/C16H19FN4O2/c1-2-3-8-18-16(22)15-13-10-23-14(9-21(13)20-19-15)11-4-6-12(17)7-5-11/h4-7,14H,2-3,8-10H2,1H3,(H,18,22)/t14-/m0/s1. The summed E-state index contributed by atoms with van der Waals surface area (Å²) in [4.78, 5) is 12.1. The van der Waals surface area contributed by atoms with Crippen LogP contribution in [-0.4, -0.2) is 27.4 Å². The highest BCUT2D eigenvalue weighted by atomic mass is 19.1. The summed E-state index contributed by atoms with van der Waals surface area (Å²) in [6.07, 6.45) is 1.72. The predicted octanol–water partition coefficient (Wildman–Crippen LogP) is 2.22. The van der Waals surface area contributed by atoms with Crippen molar-refractivity contribution >= 4 is 5.91 Å². The van der Waals surface area contributed by atoms with E-state index in [1.165, 1.54) is 12.1 Å². The molecule has 122 valence electrons. The first-order valence-electron chi connectivity index (χ1n) is 7.76. The number of nitrogens with one attached hydrogen (secondary N) is 1. The number of hydrogen-bond donors (Lipinski definition) is 1. The Hall–Kier alpha value is -2.28. The minimum absolute atomic E-state index is 0.219. The summed E-state index contributed by atoms with van der Waals surface area (Å²) in [7, 11) is 0. The number of benzene rings is 1. The highest BCUT2D eigenvalue weighted by molar-refractivity contribution is 5.93. The number of halogens is 1. The Labute approximate surface area is 133 Å². The highest BCUT2D eigenvalue weighted by Crippen LogP contribution is 2.26. The minimum Gasteiger partial charge on any atom is -0.365 e. The fourth-order valence-corrected chi connectivity index (χ4v) is 2.53. The van der Waals surface area contributed by atoms with Gasteiger partial charge in [-0.05, 0) is 24.1 Å². The van der Waals surface area contributed by atoms with E-state index in [0.29, 0.717) is 24.5 Å². The number of fused-ring (bicyclic) bond motifs is 1. The summed E-state index contributed by atoms with van der Waals surface area (Å²) in [5, 5.41) is 10.9. The zero-order valence-electron chi connectivity index (χ0n) is 13.0. The fourth-order valence-electron chi connectivity index (χ4n) is 2.53. The van der Waals surface area contributed by atoms with Crippen molar-refractivity contribution in [2.24, 2.45) is 0 Å². The maximum atomic E-state index is 13.0. The van der Waals surface area contributed by atoms with Crippen LogP contribution < -0.4 is 5.32 Å². The average molecular weight is 318 g/mol. The molecule has 3 rings (SSSR count). The van der Waals surface area contributed by atoms with Crippen molar-refractivity contribution in [2.45, 2.75) is 39.0 Å². The van der Waals surface area contributed by atoms with Gasteiger partial charge in [-0.25, -0.2) is 9.07 Å². The molecule has 2 heterocycles. The molecule has 1 N–H and O–H groups in total. The van der Waals surface area contributed by atoms with Crippen molar-refractivity contribution in [3.63, 3.8) is 0 Å². The van der Waals surface area contributed by atoms with Crippen LogP contribution in [0.15, 0.2) is 24.3 Å². The van der Waals surface area contributed by atoms with E-state index in [-0.39, 0.29) is 24.4 Å². The molecule has 0 unspecified atom stereocenters. The van der Waals surface area contributed by atoms with E-state index in [1.807, 2.05) is 0 Å². The monoisotopic (exact) mass is 318 g/mol. The molecule has 0 saturated heterocycles. The third-order valence-corrected chi connectivity index (χ3v) is 3.87. The normalized spacial score (nSPS) is 16.9. The zero-order valence-corrected chi connectivity index (χ0v) is 13.0. The Bertz CT molecular complexity index is 684. The topological polar surface area (TPSA) is 69.0 Å². The van der Waals surface area contributed by atoms with Gasteiger partial charge in [-0.2, -0.15) is 0 Å². The van der Waals surface area contributed by atoms with E-state index >= 15 is 0 Å². The molecule has 0 aliphatic carbocycles. The highest BCUT2D eigenvalue weighted by Gasteiger charge is 2.27. The largest absolute Gasteiger partial charge is 0.365 e. The SMILES string of the molecule is CCCCNC(=O)c1nnn2c1CO[C@H](c1ccc(F)cc1)C2.